The highest BCUT2D eigenvalue weighted by Gasteiger charge is 2.36. The average Bonchev–Trinajstić information content (AvgIpc) is 2.72. The number of aliphatic carboxylic acids is 1. The summed E-state index contributed by atoms with van der Waals surface area (Å²) < 4.78 is 10.3. The Labute approximate surface area is 171 Å². The number of barbiturate groups is 1. The number of carbonyl (C=O) groups excluding carboxylic acids is 3. The molecule has 9 nitrogen and oxygen atoms in total. The first-order valence-corrected chi connectivity index (χ1v) is 8.85. The standard InChI is InChI=1S/C21H18N2O7/c1-12(20(26)27)30-16-7-3-13(4-8-16)11-17-18(24)22-21(28)23(19(17)25)14-5-9-15(29-2)10-6-14/h3-12H,1-2H3,(H,26,27)(H,22,24,28). The molecule has 2 aromatic rings. The van der Waals surface area contributed by atoms with E-state index >= 15 is 0 Å². The number of anilines is 1. The summed E-state index contributed by atoms with van der Waals surface area (Å²) in [6.07, 6.45) is 0.314. The van der Waals surface area contributed by atoms with Gasteiger partial charge in [-0.3, -0.25) is 14.9 Å². The number of amides is 4. The van der Waals surface area contributed by atoms with Crippen molar-refractivity contribution < 1.29 is 33.8 Å². The summed E-state index contributed by atoms with van der Waals surface area (Å²) in [5.74, 6) is -1.81. The molecule has 9 heteroatoms. The van der Waals surface area contributed by atoms with Crippen molar-refractivity contribution in [3.05, 3.63) is 59.7 Å². The number of nitrogens with one attached hydrogen (secondary N) is 1. The molecule has 1 aliphatic rings. The van der Waals surface area contributed by atoms with Gasteiger partial charge in [0.2, 0.25) is 0 Å². The second kappa shape index (κ2) is 8.48. The number of rotatable bonds is 6. The van der Waals surface area contributed by atoms with Crippen LogP contribution in [0.1, 0.15) is 12.5 Å². The fraction of sp³-hybridized carbons (Fsp3) is 0.143. The summed E-state index contributed by atoms with van der Waals surface area (Å²) in [7, 11) is 1.49. The molecule has 1 heterocycles. The quantitative estimate of drug-likeness (QED) is 0.553. The lowest BCUT2D eigenvalue weighted by Crippen LogP contribution is -2.54. The molecule has 0 radical (unpaired) electrons. The average molecular weight is 410 g/mol. The number of methoxy groups -OCH3 is 1. The highest BCUT2D eigenvalue weighted by atomic mass is 16.5. The number of carbonyl (C=O) groups is 4. The van der Waals surface area contributed by atoms with Crippen molar-refractivity contribution in [1.82, 2.24) is 5.32 Å². The third-order valence-electron chi connectivity index (χ3n) is 4.28. The summed E-state index contributed by atoms with van der Waals surface area (Å²) in [4.78, 5) is 49.0. The second-order valence-corrected chi connectivity index (χ2v) is 6.32. The lowest BCUT2D eigenvalue weighted by molar-refractivity contribution is -0.144. The molecule has 2 N–H and O–H groups in total. The number of hydrogen-bond acceptors (Lipinski definition) is 6. The van der Waals surface area contributed by atoms with Crippen LogP contribution in [-0.4, -0.2) is 42.1 Å². The molecule has 1 saturated heterocycles. The summed E-state index contributed by atoms with van der Waals surface area (Å²) in [6.45, 7) is 1.40. The summed E-state index contributed by atoms with van der Waals surface area (Å²) in [6, 6.07) is 11.5. The van der Waals surface area contributed by atoms with E-state index in [9.17, 15) is 19.2 Å². The summed E-state index contributed by atoms with van der Waals surface area (Å²) in [5.41, 5.74) is 0.550. The van der Waals surface area contributed by atoms with E-state index in [1.54, 1.807) is 24.3 Å². The van der Waals surface area contributed by atoms with Crippen molar-refractivity contribution in [3.63, 3.8) is 0 Å². The van der Waals surface area contributed by atoms with Crippen LogP contribution in [0.5, 0.6) is 11.5 Å². The normalized spacial score (nSPS) is 16.3. The minimum Gasteiger partial charge on any atom is -0.497 e. The zero-order valence-corrected chi connectivity index (χ0v) is 16.1. The third-order valence-corrected chi connectivity index (χ3v) is 4.28. The maximum absolute atomic E-state index is 12.8. The van der Waals surface area contributed by atoms with Crippen LogP contribution in [0.15, 0.2) is 54.1 Å². The van der Waals surface area contributed by atoms with E-state index < -0.39 is 29.9 Å². The molecule has 4 amide bonds. The van der Waals surface area contributed by atoms with Crippen molar-refractivity contribution in [2.45, 2.75) is 13.0 Å². The fourth-order valence-electron chi connectivity index (χ4n) is 2.69. The van der Waals surface area contributed by atoms with E-state index in [2.05, 4.69) is 5.32 Å². The molecule has 1 unspecified atom stereocenters. The van der Waals surface area contributed by atoms with Gasteiger partial charge in [0.25, 0.3) is 11.8 Å². The monoisotopic (exact) mass is 410 g/mol. The van der Waals surface area contributed by atoms with E-state index in [0.717, 1.165) is 4.90 Å². The lowest BCUT2D eigenvalue weighted by Gasteiger charge is -2.26. The Balaban J connectivity index is 1.85. The van der Waals surface area contributed by atoms with Gasteiger partial charge in [-0.2, -0.15) is 0 Å². The van der Waals surface area contributed by atoms with Crippen molar-refractivity contribution in [1.29, 1.82) is 0 Å². The van der Waals surface area contributed by atoms with E-state index in [4.69, 9.17) is 14.6 Å². The van der Waals surface area contributed by atoms with Crippen LogP contribution in [0.2, 0.25) is 0 Å². The molecule has 1 atom stereocenters. The van der Waals surface area contributed by atoms with Gasteiger partial charge in [0.15, 0.2) is 6.10 Å². The Morgan fingerprint density at radius 1 is 1.03 bits per heavy atom. The van der Waals surface area contributed by atoms with Crippen molar-refractivity contribution >= 4 is 35.6 Å². The van der Waals surface area contributed by atoms with E-state index in [1.807, 2.05) is 0 Å². The van der Waals surface area contributed by atoms with Crippen LogP contribution in [0.25, 0.3) is 6.08 Å². The van der Waals surface area contributed by atoms with Crippen LogP contribution in [-0.2, 0) is 14.4 Å². The van der Waals surface area contributed by atoms with Crippen molar-refractivity contribution in [2.24, 2.45) is 0 Å². The van der Waals surface area contributed by atoms with Gasteiger partial charge in [0.05, 0.1) is 12.8 Å². The predicted molar refractivity (Wildman–Crippen MR) is 106 cm³/mol. The number of hydrogen-bond donors (Lipinski definition) is 2. The Bertz CT molecular complexity index is 1030. The molecule has 0 aromatic heterocycles. The number of benzene rings is 2. The number of urea groups is 1. The van der Waals surface area contributed by atoms with Gasteiger partial charge >= 0.3 is 12.0 Å². The van der Waals surface area contributed by atoms with Crippen LogP contribution < -0.4 is 19.7 Å². The first-order chi connectivity index (χ1) is 14.3. The lowest BCUT2D eigenvalue weighted by atomic mass is 10.1. The Kier molecular flexibility index (Phi) is 5.82. The molecule has 30 heavy (non-hydrogen) atoms. The largest absolute Gasteiger partial charge is 0.497 e. The number of nitrogens with zero attached hydrogens (tertiary/aromatic N) is 1. The van der Waals surface area contributed by atoms with Gasteiger partial charge in [-0.1, -0.05) is 12.1 Å². The molecular formula is C21H18N2O7. The third kappa shape index (κ3) is 4.30. The van der Waals surface area contributed by atoms with Gasteiger partial charge in [-0.25, -0.2) is 14.5 Å². The van der Waals surface area contributed by atoms with Gasteiger partial charge in [0, 0.05) is 0 Å². The molecule has 1 aliphatic heterocycles. The topological polar surface area (TPSA) is 122 Å². The van der Waals surface area contributed by atoms with Crippen LogP contribution >= 0.6 is 0 Å². The number of imide groups is 2. The predicted octanol–water partition coefficient (Wildman–Crippen LogP) is 2.21. The van der Waals surface area contributed by atoms with Crippen LogP contribution in [0, 0.1) is 0 Å². The highest BCUT2D eigenvalue weighted by Crippen LogP contribution is 2.24. The molecular weight excluding hydrogens is 392 g/mol. The van der Waals surface area contributed by atoms with E-state index in [0.29, 0.717) is 17.1 Å². The first-order valence-electron chi connectivity index (χ1n) is 8.85. The summed E-state index contributed by atoms with van der Waals surface area (Å²) >= 11 is 0. The molecule has 3 rings (SSSR count). The Morgan fingerprint density at radius 3 is 2.20 bits per heavy atom. The fourth-order valence-corrected chi connectivity index (χ4v) is 2.69. The second-order valence-electron chi connectivity index (χ2n) is 6.32. The van der Waals surface area contributed by atoms with Gasteiger partial charge in [-0.05, 0) is 55.0 Å². The molecule has 0 aliphatic carbocycles. The number of ether oxygens (including phenoxy) is 2. The van der Waals surface area contributed by atoms with Gasteiger partial charge < -0.3 is 14.6 Å². The smallest absolute Gasteiger partial charge is 0.344 e. The van der Waals surface area contributed by atoms with E-state index in [1.165, 1.54) is 44.4 Å². The molecule has 0 spiro atoms. The van der Waals surface area contributed by atoms with Crippen LogP contribution in [0.4, 0.5) is 10.5 Å². The Hall–Kier alpha value is -4.14. The van der Waals surface area contributed by atoms with Crippen LogP contribution in [0.3, 0.4) is 0 Å². The molecule has 2 aromatic carbocycles. The van der Waals surface area contributed by atoms with Crippen molar-refractivity contribution in [3.8, 4) is 11.5 Å². The summed E-state index contributed by atoms with van der Waals surface area (Å²) in [5, 5.41) is 11.0. The Morgan fingerprint density at radius 2 is 1.63 bits per heavy atom. The van der Waals surface area contributed by atoms with Gasteiger partial charge in [-0.15, -0.1) is 0 Å². The van der Waals surface area contributed by atoms with Crippen molar-refractivity contribution in [2.75, 3.05) is 12.0 Å². The van der Waals surface area contributed by atoms with Gasteiger partial charge in [0.1, 0.15) is 17.1 Å². The SMILES string of the molecule is COc1ccc(N2C(=O)NC(=O)C(=Cc3ccc(OC(C)C(=O)O)cc3)C2=O)cc1. The zero-order chi connectivity index (χ0) is 21.8. The maximum atomic E-state index is 12.8. The molecule has 0 bridgehead atoms. The number of carboxylic acids is 1. The maximum Gasteiger partial charge on any atom is 0.344 e. The molecule has 0 saturated carbocycles. The number of carboxylic acid groups (broad SMARTS) is 1. The minimum absolute atomic E-state index is 0.224. The zero-order valence-electron chi connectivity index (χ0n) is 16.1. The molecule has 154 valence electrons. The minimum atomic E-state index is -1.10. The highest BCUT2D eigenvalue weighted by molar-refractivity contribution is 6.39. The van der Waals surface area contributed by atoms with E-state index in [-0.39, 0.29) is 11.3 Å². The molecule has 1 fully saturated rings. The first kappa shape index (κ1) is 20.6.